The van der Waals surface area contributed by atoms with Gasteiger partial charge in [-0.3, -0.25) is 24.2 Å². The highest BCUT2D eigenvalue weighted by Crippen LogP contribution is 2.20. The first-order valence-electron chi connectivity index (χ1n) is 16.5. The number of amides is 4. The van der Waals surface area contributed by atoms with Crippen LogP contribution in [0.3, 0.4) is 0 Å². The van der Waals surface area contributed by atoms with Crippen molar-refractivity contribution in [3.63, 3.8) is 0 Å². The Morgan fingerprint density at radius 1 is 0.900 bits per heavy atom. The van der Waals surface area contributed by atoms with Crippen LogP contribution in [-0.4, -0.2) is 92.2 Å². The average Bonchev–Trinajstić information content (AvgIpc) is 3.54. The van der Waals surface area contributed by atoms with E-state index in [0.717, 1.165) is 22.0 Å². The van der Waals surface area contributed by atoms with Crippen LogP contribution >= 0.6 is 0 Å². The molecule has 0 radical (unpaired) electrons. The number of aromatic nitrogens is 5. The first kappa shape index (κ1) is 33.7. The summed E-state index contributed by atoms with van der Waals surface area (Å²) in [6.07, 6.45) is 7.92. The van der Waals surface area contributed by atoms with Crippen LogP contribution in [0.25, 0.3) is 22.3 Å². The van der Waals surface area contributed by atoms with Crippen molar-refractivity contribution in [3.8, 4) is 11.4 Å². The zero-order valence-corrected chi connectivity index (χ0v) is 27.6. The highest BCUT2D eigenvalue weighted by atomic mass is 16.2. The number of para-hydroxylation sites is 1. The van der Waals surface area contributed by atoms with Crippen LogP contribution in [0.4, 0.5) is 5.82 Å². The van der Waals surface area contributed by atoms with Gasteiger partial charge in [-0.15, -0.1) is 0 Å². The second-order valence-electron chi connectivity index (χ2n) is 11.9. The molecule has 0 fully saturated rings. The summed E-state index contributed by atoms with van der Waals surface area (Å²) in [5.41, 5.74) is 3.47. The minimum atomic E-state index is -0.875. The molecule has 256 valence electrons. The molecule has 0 saturated carbocycles. The number of H-pyrrole nitrogens is 1. The molecule has 5 N–H and O–H groups in total. The van der Waals surface area contributed by atoms with E-state index in [1.807, 2.05) is 36.5 Å². The summed E-state index contributed by atoms with van der Waals surface area (Å²) < 4.78 is 0. The molecule has 5 heterocycles. The van der Waals surface area contributed by atoms with E-state index in [-0.39, 0.29) is 49.5 Å². The minimum absolute atomic E-state index is 0.149. The summed E-state index contributed by atoms with van der Waals surface area (Å²) >= 11 is 0. The quantitative estimate of drug-likeness (QED) is 0.191. The maximum Gasteiger partial charge on any atom is 0.270 e. The van der Waals surface area contributed by atoms with Crippen molar-refractivity contribution in [2.45, 2.75) is 32.2 Å². The second-order valence-corrected chi connectivity index (χ2v) is 11.9. The third-order valence-electron chi connectivity index (χ3n) is 8.36. The number of hydrogen-bond acceptors (Lipinski definition) is 9. The highest BCUT2D eigenvalue weighted by Gasteiger charge is 2.25. The molecule has 1 aliphatic rings. The molecule has 14 heteroatoms. The molecule has 14 nitrogen and oxygen atoms in total. The molecular weight excluding hydrogens is 636 g/mol. The molecule has 4 aromatic heterocycles. The predicted octanol–water partition coefficient (Wildman–Crippen LogP) is 2.64. The number of fused-ring (bicyclic) bond motifs is 3. The third kappa shape index (κ3) is 8.27. The van der Waals surface area contributed by atoms with E-state index in [4.69, 9.17) is 0 Å². The van der Waals surface area contributed by atoms with E-state index >= 15 is 0 Å². The van der Waals surface area contributed by atoms with Crippen molar-refractivity contribution in [2.24, 2.45) is 0 Å². The average molecular weight is 675 g/mol. The summed E-state index contributed by atoms with van der Waals surface area (Å²) in [5, 5.41) is 12.7. The van der Waals surface area contributed by atoms with Gasteiger partial charge in [0.15, 0.2) is 5.82 Å². The molecule has 1 aromatic carbocycles. The lowest BCUT2D eigenvalue weighted by molar-refractivity contribution is -0.123. The van der Waals surface area contributed by atoms with Crippen molar-refractivity contribution in [2.75, 3.05) is 38.0 Å². The van der Waals surface area contributed by atoms with E-state index in [1.54, 1.807) is 43.6 Å². The topological polar surface area (TPSA) is 187 Å². The monoisotopic (exact) mass is 674 g/mol. The summed E-state index contributed by atoms with van der Waals surface area (Å²) in [5.74, 6) is -0.650. The maximum atomic E-state index is 13.8. The van der Waals surface area contributed by atoms with Crippen molar-refractivity contribution < 1.29 is 19.2 Å². The van der Waals surface area contributed by atoms with E-state index in [1.165, 1.54) is 11.1 Å². The van der Waals surface area contributed by atoms with Crippen LogP contribution in [0.5, 0.6) is 0 Å². The Morgan fingerprint density at radius 3 is 2.60 bits per heavy atom. The Morgan fingerprint density at radius 2 is 1.76 bits per heavy atom. The Kier molecular flexibility index (Phi) is 10.7. The molecule has 1 aliphatic heterocycles. The number of nitrogens with one attached hydrogen (secondary N) is 5. The standard InChI is InChI=1S/C36H38N10O4/c1-23-27(21-42-33(43-23)24-8-7-13-37-19-24)36(50)46-17-5-4-14-40-34(48)30(18-25-20-41-28-10-3-2-9-26(25)28)45-35(49)29-11-6-12-31(44-29)38-15-16-39-32(47)22-46/h2-3,6-13,19-21,30,41H,4-5,14-18,22H2,1H3,(H,38,44)(H,39,47)(H,40,48)(H,45,49)/t30-/m0/s1. The lowest BCUT2D eigenvalue weighted by Crippen LogP contribution is -2.48. The largest absolute Gasteiger partial charge is 0.368 e. The fraction of sp³-hybridized carbons (Fsp3) is 0.278. The van der Waals surface area contributed by atoms with Gasteiger partial charge in [0.2, 0.25) is 11.8 Å². The van der Waals surface area contributed by atoms with Crippen molar-refractivity contribution >= 4 is 40.3 Å². The molecule has 2 bridgehead atoms. The number of aromatic amines is 1. The molecule has 6 rings (SSSR count). The zero-order chi connectivity index (χ0) is 34.9. The molecule has 4 amide bonds. The van der Waals surface area contributed by atoms with Gasteiger partial charge in [-0.05, 0) is 55.7 Å². The normalized spacial score (nSPS) is 16.6. The van der Waals surface area contributed by atoms with E-state index in [9.17, 15) is 19.2 Å². The Labute approximate surface area is 288 Å². The Hall–Kier alpha value is -6.18. The number of hydrogen-bond donors (Lipinski definition) is 5. The van der Waals surface area contributed by atoms with Gasteiger partial charge in [-0.1, -0.05) is 24.3 Å². The first-order chi connectivity index (χ1) is 24.4. The number of rotatable bonds is 4. The predicted molar refractivity (Wildman–Crippen MR) is 187 cm³/mol. The van der Waals surface area contributed by atoms with Gasteiger partial charge >= 0.3 is 0 Å². The smallest absolute Gasteiger partial charge is 0.270 e. The second kappa shape index (κ2) is 15.8. The summed E-state index contributed by atoms with van der Waals surface area (Å²) in [6, 6.07) is 15.5. The van der Waals surface area contributed by atoms with Crippen LogP contribution in [0.2, 0.25) is 0 Å². The van der Waals surface area contributed by atoms with Gasteiger partial charge in [-0.25, -0.2) is 15.0 Å². The number of pyridine rings is 2. The van der Waals surface area contributed by atoms with Crippen LogP contribution < -0.4 is 21.3 Å². The Balaban J connectivity index is 1.19. The summed E-state index contributed by atoms with van der Waals surface area (Å²) in [4.78, 5) is 75.8. The number of aryl methyl sites for hydroxylation is 1. The lowest BCUT2D eigenvalue weighted by atomic mass is 10.0. The molecule has 50 heavy (non-hydrogen) atoms. The van der Waals surface area contributed by atoms with Crippen molar-refractivity contribution in [1.82, 2.24) is 45.8 Å². The minimum Gasteiger partial charge on any atom is -0.368 e. The fourth-order valence-corrected chi connectivity index (χ4v) is 5.74. The van der Waals surface area contributed by atoms with Crippen molar-refractivity contribution in [1.29, 1.82) is 0 Å². The van der Waals surface area contributed by atoms with E-state index in [0.29, 0.717) is 48.8 Å². The van der Waals surface area contributed by atoms with Gasteiger partial charge in [0.05, 0.1) is 17.8 Å². The summed E-state index contributed by atoms with van der Waals surface area (Å²) in [7, 11) is 0. The molecule has 0 saturated heterocycles. The molecule has 0 spiro atoms. The molecular formula is C36H38N10O4. The lowest BCUT2D eigenvalue weighted by Gasteiger charge is -2.23. The Bertz CT molecular complexity index is 2000. The van der Waals surface area contributed by atoms with Crippen LogP contribution in [-0.2, 0) is 16.0 Å². The van der Waals surface area contributed by atoms with Gasteiger partial charge in [-0.2, -0.15) is 0 Å². The van der Waals surface area contributed by atoms with Crippen LogP contribution in [0.1, 0.15) is 44.9 Å². The number of carbonyl (C=O) groups excluding carboxylic acids is 4. The molecule has 0 aliphatic carbocycles. The van der Waals surface area contributed by atoms with Crippen LogP contribution in [0, 0.1) is 6.92 Å². The zero-order valence-electron chi connectivity index (χ0n) is 27.6. The molecule has 5 aromatic rings. The number of carbonyl (C=O) groups is 4. The van der Waals surface area contributed by atoms with Gasteiger partial charge in [0.25, 0.3) is 11.8 Å². The maximum absolute atomic E-state index is 13.8. The number of nitrogens with zero attached hydrogens (tertiary/aromatic N) is 5. The van der Waals surface area contributed by atoms with Crippen LogP contribution in [0.15, 0.2) is 79.4 Å². The number of anilines is 1. The van der Waals surface area contributed by atoms with E-state index in [2.05, 4.69) is 46.2 Å². The van der Waals surface area contributed by atoms with Gasteiger partial charge in [0, 0.05) is 73.9 Å². The molecule has 0 unspecified atom stereocenters. The van der Waals surface area contributed by atoms with Crippen molar-refractivity contribution in [3.05, 3.63) is 102 Å². The van der Waals surface area contributed by atoms with Gasteiger partial charge < -0.3 is 31.2 Å². The van der Waals surface area contributed by atoms with Gasteiger partial charge in [0.1, 0.15) is 17.6 Å². The number of benzene rings is 1. The summed E-state index contributed by atoms with van der Waals surface area (Å²) in [6.45, 7) is 2.70. The fourth-order valence-electron chi connectivity index (χ4n) is 5.74. The highest BCUT2D eigenvalue weighted by molar-refractivity contribution is 5.98. The van der Waals surface area contributed by atoms with E-state index < -0.39 is 11.9 Å². The SMILES string of the molecule is Cc1nc(-c2cccnc2)ncc1C(=O)N1CCCCNC(=O)[C@H](Cc2c[nH]c3ccccc23)NC(=O)c2cccc(n2)NCCNC(=O)C1. The third-order valence-corrected chi connectivity index (χ3v) is 8.36. The first-order valence-corrected chi connectivity index (χ1v) is 16.5. The molecule has 1 atom stereocenters.